The molecule has 0 saturated carbocycles. The molecule has 34 heavy (non-hydrogen) atoms. The summed E-state index contributed by atoms with van der Waals surface area (Å²) >= 11 is 0. The van der Waals surface area contributed by atoms with E-state index in [1.807, 2.05) is 25.1 Å². The molecule has 0 saturated heterocycles. The first-order valence-electron chi connectivity index (χ1n) is 10.4. The second-order valence-electron chi connectivity index (χ2n) is 8.13. The third-order valence-electron chi connectivity index (χ3n) is 5.70. The maximum Gasteiger partial charge on any atom is 1.00 e. The zero-order chi connectivity index (χ0) is 23.4. The molecule has 2 unspecified atom stereocenters. The molecule has 2 atom stereocenters. The predicted molar refractivity (Wildman–Crippen MR) is 118 cm³/mol. The molecule has 0 radical (unpaired) electrons. The third-order valence-corrected chi connectivity index (χ3v) is 5.70. The summed E-state index contributed by atoms with van der Waals surface area (Å²) in [6.45, 7) is 5.34. The van der Waals surface area contributed by atoms with Crippen molar-refractivity contribution in [1.29, 1.82) is 0 Å². The molecule has 2 aromatic carbocycles. The number of benzene rings is 2. The van der Waals surface area contributed by atoms with E-state index < -0.39 is 11.9 Å². The molecule has 0 amide bonds. The number of aliphatic carboxylic acids is 1. The molecule has 2 aliphatic heterocycles. The second kappa shape index (κ2) is 12.8. The van der Waals surface area contributed by atoms with Crippen molar-refractivity contribution in [2.24, 2.45) is 0 Å². The monoisotopic (exact) mass is 478 g/mol. The maximum absolute atomic E-state index is 11.3. The van der Waals surface area contributed by atoms with Gasteiger partial charge in [-0.1, -0.05) is 31.2 Å². The molecular formula is C25H27NaO8. The first kappa shape index (κ1) is 29.5. The van der Waals surface area contributed by atoms with E-state index in [1.54, 1.807) is 32.0 Å². The summed E-state index contributed by atoms with van der Waals surface area (Å²) in [5, 5.41) is 8.89. The zero-order valence-corrected chi connectivity index (χ0v) is 21.8. The Balaban J connectivity index is 0.000000321. The summed E-state index contributed by atoms with van der Waals surface area (Å²) in [6.07, 6.45) is 0.739. The quantitative estimate of drug-likeness (QED) is 0.611. The van der Waals surface area contributed by atoms with Gasteiger partial charge in [0.2, 0.25) is 0 Å². The largest absolute Gasteiger partial charge is 1.00 e. The molecule has 2 N–H and O–H groups in total. The first-order valence-corrected chi connectivity index (χ1v) is 10.4. The second-order valence-corrected chi connectivity index (χ2v) is 8.13. The van der Waals surface area contributed by atoms with Gasteiger partial charge in [0.05, 0.1) is 5.92 Å². The van der Waals surface area contributed by atoms with E-state index in [9.17, 15) is 19.2 Å². The van der Waals surface area contributed by atoms with E-state index in [4.69, 9.17) is 14.6 Å². The molecule has 0 fully saturated rings. The van der Waals surface area contributed by atoms with Gasteiger partial charge in [-0.25, -0.2) is 0 Å². The Morgan fingerprint density at radius 1 is 0.824 bits per heavy atom. The number of carboxylic acid groups (broad SMARTS) is 1. The van der Waals surface area contributed by atoms with E-state index in [1.165, 1.54) is 0 Å². The maximum atomic E-state index is 11.3. The van der Waals surface area contributed by atoms with Crippen molar-refractivity contribution in [2.45, 2.75) is 45.4 Å². The average Bonchev–Trinajstić information content (AvgIpc) is 2.77. The van der Waals surface area contributed by atoms with Crippen LogP contribution < -0.4 is 39.0 Å². The van der Waals surface area contributed by atoms with Crippen molar-refractivity contribution in [3.05, 3.63) is 58.7 Å². The van der Waals surface area contributed by atoms with Crippen LogP contribution in [0.1, 0.15) is 54.9 Å². The fourth-order valence-electron chi connectivity index (χ4n) is 3.52. The molecule has 0 aliphatic carbocycles. The Morgan fingerprint density at radius 2 is 1.24 bits per heavy atom. The minimum absolute atomic E-state index is 0. The summed E-state index contributed by atoms with van der Waals surface area (Å²) < 4.78 is 10.5. The summed E-state index contributed by atoms with van der Waals surface area (Å²) in [6, 6.07) is 10.8. The SMILES string of the molecule is CC(=O)C(C)c1ccc2c(c1)CC(=O)CO2.CC(C(=O)O)c1ccc2c(c1)CC(=O)CO2.[Na+].[OH-]. The fraction of sp³-hybridized carbons (Fsp3) is 0.360. The van der Waals surface area contributed by atoms with Crippen LogP contribution in [0.15, 0.2) is 36.4 Å². The van der Waals surface area contributed by atoms with Crippen LogP contribution in [0.3, 0.4) is 0 Å². The van der Waals surface area contributed by atoms with Crippen LogP contribution in [0, 0.1) is 0 Å². The van der Waals surface area contributed by atoms with E-state index in [2.05, 4.69) is 0 Å². The van der Waals surface area contributed by atoms with E-state index in [0.29, 0.717) is 24.2 Å². The van der Waals surface area contributed by atoms with Crippen LogP contribution >= 0.6 is 0 Å². The number of hydrogen-bond donors (Lipinski definition) is 1. The molecule has 0 spiro atoms. The van der Waals surface area contributed by atoms with Crippen LogP contribution in [0.5, 0.6) is 11.5 Å². The van der Waals surface area contributed by atoms with Crippen LogP contribution in [0.25, 0.3) is 0 Å². The topological polar surface area (TPSA) is 137 Å². The van der Waals surface area contributed by atoms with Crippen molar-refractivity contribution in [3.63, 3.8) is 0 Å². The van der Waals surface area contributed by atoms with Crippen LogP contribution in [0.2, 0.25) is 0 Å². The van der Waals surface area contributed by atoms with Crippen molar-refractivity contribution >= 4 is 23.3 Å². The Bertz CT molecular complexity index is 993. The molecule has 2 aliphatic rings. The zero-order valence-electron chi connectivity index (χ0n) is 19.8. The molecular weight excluding hydrogens is 451 g/mol. The van der Waals surface area contributed by atoms with Crippen molar-refractivity contribution < 1.29 is 68.8 Å². The Labute approximate surface area is 220 Å². The predicted octanol–water partition coefficient (Wildman–Crippen LogP) is 0.0890. The van der Waals surface area contributed by atoms with E-state index >= 15 is 0 Å². The Morgan fingerprint density at radius 3 is 1.62 bits per heavy atom. The van der Waals surface area contributed by atoms with Gasteiger partial charge in [0, 0.05) is 29.9 Å². The fourth-order valence-corrected chi connectivity index (χ4v) is 3.52. The van der Waals surface area contributed by atoms with Crippen molar-refractivity contribution in [3.8, 4) is 11.5 Å². The molecule has 0 bridgehead atoms. The molecule has 176 valence electrons. The molecule has 9 heteroatoms. The Hall–Kier alpha value is -2.52. The van der Waals surface area contributed by atoms with Crippen LogP contribution in [0.4, 0.5) is 0 Å². The summed E-state index contributed by atoms with van der Waals surface area (Å²) in [5.74, 6) is 0.114. The van der Waals surface area contributed by atoms with Gasteiger partial charge in [0.25, 0.3) is 0 Å². The average molecular weight is 478 g/mol. The third kappa shape index (κ3) is 7.24. The van der Waals surface area contributed by atoms with Gasteiger partial charge in [0.15, 0.2) is 11.6 Å². The number of hydrogen-bond acceptors (Lipinski definition) is 7. The number of carbonyl (C=O) groups is 4. The molecule has 8 nitrogen and oxygen atoms in total. The van der Waals surface area contributed by atoms with Crippen LogP contribution in [-0.2, 0) is 32.0 Å². The number of ether oxygens (including phenoxy) is 2. The van der Waals surface area contributed by atoms with E-state index in [0.717, 1.165) is 22.4 Å². The van der Waals surface area contributed by atoms with Gasteiger partial charge in [-0.15, -0.1) is 0 Å². The molecule has 4 rings (SSSR count). The van der Waals surface area contributed by atoms with Gasteiger partial charge in [0.1, 0.15) is 30.5 Å². The van der Waals surface area contributed by atoms with Gasteiger partial charge in [-0.2, -0.15) is 0 Å². The number of ketones is 3. The van der Waals surface area contributed by atoms with Gasteiger partial charge >= 0.3 is 35.5 Å². The number of fused-ring (bicyclic) bond motifs is 2. The summed E-state index contributed by atoms with van der Waals surface area (Å²) in [4.78, 5) is 44.6. The molecule has 2 heterocycles. The standard InChI is InChI=1S/C13H14O3.C12H12O4.Na.H2O/c1-8(9(2)14)10-3-4-13-11(5-10)6-12(15)7-16-13;1-7(12(14)15)8-2-3-11-9(4-8)5-10(13)6-16-11;;/h3-5,8H,6-7H2,1-2H3;2-4,7H,5-6H2,1H3,(H,14,15);;1H2/q;;+1;/p-1. The molecule has 2 aromatic rings. The summed E-state index contributed by atoms with van der Waals surface area (Å²) in [5.41, 5.74) is 3.32. The van der Waals surface area contributed by atoms with Crippen molar-refractivity contribution in [1.82, 2.24) is 0 Å². The minimum Gasteiger partial charge on any atom is -0.870 e. The number of Topliss-reactive ketones (excluding diaryl/α,β-unsaturated/α-hetero) is 3. The Kier molecular flexibility index (Phi) is 11.1. The minimum atomic E-state index is -0.872. The van der Waals surface area contributed by atoms with Crippen molar-refractivity contribution in [2.75, 3.05) is 13.2 Å². The number of rotatable bonds is 4. The number of carbonyl (C=O) groups excluding carboxylic acids is 3. The van der Waals surface area contributed by atoms with Gasteiger partial charge in [-0.05, 0) is 37.1 Å². The normalized spacial score (nSPS) is 15.3. The van der Waals surface area contributed by atoms with Gasteiger partial charge in [-0.3, -0.25) is 19.2 Å². The van der Waals surface area contributed by atoms with Crippen LogP contribution in [-0.4, -0.2) is 47.1 Å². The molecule has 0 aromatic heterocycles. The van der Waals surface area contributed by atoms with E-state index in [-0.39, 0.29) is 71.5 Å². The van der Waals surface area contributed by atoms with Gasteiger partial charge < -0.3 is 20.1 Å². The number of carboxylic acids is 1. The summed E-state index contributed by atoms with van der Waals surface area (Å²) in [7, 11) is 0. The first-order chi connectivity index (χ1) is 15.2. The smallest absolute Gasteiger partial charge is 0.870 e.